The largest absolute Gasteiger partial charge is 0.418 e. The van der Waals surface area contributed by atoms with Crippen molar-refractivity contribution in [2.75, 3.05) is 5.32 Å². The minimum atomic E-state index is -4.56. The van der Waals surface area contributed by atoms with Crippen LogP contribution in [0.3, 0.4) is 0 Å². The normalized spacial score (nSPS) is 18.3. The molecule has 164 valence electrons. The Hall–Kier alpha value is -3.42. The summed E-state index contributed by atoms with van der Waals surface area (Å²) in [6.45, 7) is 1.69. The van der Waals surface area contributed by atoms with Crippen molar-refractivity contribution in [3.63, 3.8) is 0 Å². The second-order valence-corrected chi connectivity index (χ2v) is 8.06. The van der Waals surface area contributed by atoms with Gasteiger partial charge in [0.25, 0.3) is 0 Å². The first-order chi connectivity index (χ1) is 15.3. The number of aromatic nitrogens is 2. The van der Waals surface area contributed by atoms with E-state index in [2.05, 4.69) is 10.4 Å². The van der Waals surface area contributed by atoms with Gasteiger partial charge >= 0.3 is 6.18 Å². The number of halogens is 4. The van der Waals surface area contributed by atoms with Gasteiger partial charge in [0.05, 0.1) is 16.9 Å². The molecule has 1 aliphatic heterocycles. The van der Waals surface area contributed by atoms with E-state index in [0.29, 0.717) is 53.2 Å². The number of carbonyl (C=O) groups excluding carboxylic acids is 1. The van der Waals surface area contributed by atoms with E-state index >= 15 is 0 Å². The van der Waals surface area contributed by atoms with E-state index in [1.165, 1.54) is 35.0 Å². The first kappa shape index (κ1) is 20.5. The fourth-order valence-corrected chi connectivity index (χ4v) is 4.71. The Morgan fingerprint density at radius 3 is 2.62 bits per heavy atom. The zero-order valence-electron chi connectivity index (χ0n) is 17.1. The lowest BCUT2D eigenvalue weighted by Crippen LogP contribution is -2.27. The van der Waals surface area contributed by atoms with Crippen LogP contribution in [0.25, 0.3) is 5.69 Å². The van der Waals surface area contributed by atoms with Crippen molar-refractivity contribution in [3.8, 4) is 5.69 Å². The number of hydrogen-bond acceptors (Lipinski definition) is 3. The number of aryl methyl sites for hydroxylation is 1. The number of Topliss-reactive ketones (excluding diaryl/α,β-unsaturated/α-hetero) is 1. The Morgan fingerprint density at radius 1 is 1.09 bits per heavy atom. The molecule has 0 saturated heterocycles. The first-order valence-corrected chi connectivity index (χ1v) is 10.3. The minimum Gasteiger partial charge on any atom is -0.343 e. The van der Waals surface area contributed by atoms with Crippen LogP contribution in [0.5, 0.6) is 0 Å². The lowest BCUT2D eigenvalue weighted by molar-refractivity contribution is -0.137. The van der Waals surface area contributed by atoms with Crippen LogP contribution in [0.2, 0.25) is 0 Å². The third kappa shape index (κ3) is 3.21. The molecule has 1 atom stereocenters. The minimum absolute atomic E-state index is 0.0403. The molecule has 3 aromatic rings. The van der Waals surface area contributed by atoms with Crippen LogP contribution >= 0.6 is 0 Å². The summed E-state index contributed by atoms with van der Waals surface area (Å²) >= 11 is 0. The van der Waals surface area contributed by atoms with Gasteiger partial charge in [0.1, 0.15) is 11.6 Å². The summed E-state index contributed by atoms with van der Waals surface area (Å²) in [6.07, 6.45) is -2.96. The Labute approximate surface area is 181 Å². The molecule has 1 aliphatic carbocycles. The third-order valence-corrected chi connectivity index (χ3v) is 6.03. The summed E-state index contributed by atoms with van der Waals surface area (Å²) in [5.41, 5.74) is 1.91. The fourth-order valence-electron chi connectivity index (χ4n) is 4.71. The maximum absolute atomic E-state index is 14.1. The third-order valence-electron chi connectivity index (χ3n) is 6.03. The molecule has 2 heterocycles. The molecule has 1 unspecified atom stereocenters. The smallest absolute Gasteiger partial charge is 0.343 e. The average Bonchev–Trinajstić information content (AvgIpc) is 3.08. The molecule has 2 aliphatic rings. The highest BCUT2D eigenvalue weighted by Crippen LogP contribution is 2.48. The second-order valence-electron chi connectivity index (χ2n) is 8.06. The monoisotopic (exact) mass is 441 g/mol. The number of benzene rings is 2. The van der Waals surface area contributed by atoms with Crippen molar-refractivity contribution in [2.45, 2.75) is 38.3 Å². The predicted molar refractivity (Wildman–Crippen MR) is 111 cm³/mol. The van der Waals surface area contributed by atoms with Crippen LogP contribution in [-0.4, -0.2) is 15.6 Å². The number of rotatable bonds is 2. The maximum Gasteiger partial charge on any atom is 0.418 e. The molecule has 4 nitrogen and oxygen atoms in total. The number of hydrogen-bond donors (Lipinski definition) is 1. The summed E-state index contributed by atoms with van der Waals surface area (Å²) in [6, 6.07) is 11.2. The zero-order valence-corrected chi connectivity index (χ0v) is 17.1. The van der Waals surface area contributed by atoms with Crippen LogP contribution in [0.1, 0.15) is 47.6 Å². The molecule has 0 radical (unpaired) electrons. The Morgan fingerprint density at radius 2 is 1.88 bits per heavy atom. The molecule has 2 aromatic carbocycles. The number of carbonyl (C=O) groups is 1. The Kier molecular flexibility index (Phi) is 4.69. The van der Waals surface area contributed by atoms with E-state index in [1.54, 1.807) is 19.1 Å². The zero-order chi connectivity index (χ0) is 22.6. The highest BCUT2D eigenvalue weighted by Gasteiger charge is 2.40. The van der Waals surface area contributed by atoms with Gasteiger partial charge in [-0.15, -0.1) is 0 Å². The highest BCUT2D eigenvalue weighted by molar-refractivity contribution is 6.01. The molecule has 0 amide bonds. The van der Waals surface area contributed by atoms with Crippen molar-refractivity contribution >= 4 is 11.6 Å². The topological polar surface area (TPSA) is 46.9 Å². The lowest BCUT2D eigenvalue weighted by atomic mass is 9.76. The molecule has 8 heteroatoms. The molecule has 1 aromatic heterocycles. The van der Waals surface area contributed by atoms with E-state index in [4.69, 9.17) is 0 Å². The van der Waals surface area contributed by atoms with Gasteiger partial charge in [-0.3, -0.25) is 4.79 Å². The predicted octanol–water partition coefficient (Wildman–Crippen LogP) is 5.90. The van der Waals surface area contributed by atoms with Crippen molar-refractivity contribution in [2.24, 2.45) is 0 Å². The Balaban J connectivity index is 1.77. The molecule has 0 fully saturated rings. The molecule has 5 rings (SSSR count). The summed E-state index contributed by atoms with van der Waals surface area (Å²) in [5, 5.41) is 7.65. The van der Waals surface area contributed by atoms with Crippen LogP contribution in [-0.2, 0) is 11.0 Å². The van der Waals surface area contributed by atoms with Crippen molar-refractivity contribution in [3.05, 3.63) is 88.0 Å². The molecule has 1 N–H and O–H groups in total. The van der Waals surface area contributed by atoms with Crippen LogP contribution in [0.4, 0.5) is 23.4 Å². The number of allylic oxidation sites excluding steroid dienone is 2. The van der Waals surface area contributed by atoms with E-state index in [1.807, 2.05) is 0 Å². The van der Waals surface area contributed by atoms with Gasteiger partial charge in [-0.25, -0.2) is 9.07 Å². The van der Waals surface area contributed by atoms with Gasteiger partial charge in [-0.1, -0.05) is 24.3 Å². The van der Waals surface area contributed by atoms with Crippen LogP contribution in [0, 0.1) is 12.7 Å². The highest BCUT2D eigenvalue weighted by atomic mass is 19.4. The second kappa shape index (κ2) is 7.32. The van der Waals surface area contributed by atoms with Crippen LogP contribution in [0.15, 0.2) is 59.8 Å². The summed E-state index contributed by atoms with van der Waals surface area (Å²) in [7, 11) is 0. The van der Waals surface area contributed by atoms with Crippen LogP contribution < -0.4 is 5.32 Å². The van der Waals surface area contributed by atoms with Gasteiger partial charge < -0.3 is 5.32 Å². The number of ketones is 1. The SMILES string of the molecule is Cc1nn(-c2ccccc2C(F)(F)F)c2c1C(c1cccc(F)c1)C1=C(CCCC1=O)N2. The maximum atomic E-state index is 14.1. The van der Waals surface area contributed by atoms with Gasteiger partial charge in [-0.2, -0.15) is 18.3 Å². The summed E-state index contributed by atoms with van der Waals surface area (Å²) in [5.74, 6) is -0.708. The number of alkyl halides is 3. The fraction of sp³-hybridized carbons (Fsp3) is 0.250. The van der Waals surface area contributed by atoms with Crippen molar-refractivity contribution in [1.29, 1.82) is 0 Å². The lowest BCUT2D eigenvalue weighted by Gasteiger charge is -2.33. The summed E-state index contributed by atoms with van der Waals surface area (Å²) in [4.78, 5) is 12.9. The average molecular weight is 441 g/mol. The number of fused-ring (bicyclic) bond motifs is 1. The van der Waals surface area contributed by atoms with E-state index < -0.39 is 23.5 Å². The Bertz CT molecular complexity index is 1270. The molecular weight excluding hydrogens is 422 g/mol. The first-order valence-electron chi connectivity index (χ1n) is 10.3. The van der Waals surface area contributed by atoms with Crippen molar-refractivity contribution < 1.29 is 22.4 Å². The quantitative estimate of drug-likeness (QED) is 0.504. The van der Waals surface area contributed by atoms with Gasteiger partial charge in [0, 0.05) is 29.2 Å². The molecule has 0 saturated carbocycles. The standard InChI is InChI=1S/C24H19F4N3O/c1-13-20-21(14-6-4-7-15(25)12-14)22-17(9-5-11-19(22)32)29-23(20)31(30-13)18-10-3-2-8-16(18)24(26,27)28/h2-4,6-8,10,12,21,29H,5,9,11H2,1H3. The molecule has 32 heavy (non-hydrogen) atoms. The van der Waals surface area contributed by atoms with Gasteiger partial charge in [0.2, 0.25) is 0 Å². The van der Waals surface area contributed by atoms with E-state index in [9.17, 15) is 22.4 Å². The van der Waals surface area contributed by atoms with Crippen molar-refractivity contribution in [1.82, 2.24) is 9.78 Å². The van der Waals surface area contributed by atoms with E-state index in [-0.39, 0.29) is 11.5 Å². The summed E-state index contributed by atoms with van der Waals surface area (Å²) < 4.78 is 56.5. The van der Waals surface area contributed by atoms with Gasteiger partial charge in [-0.05, 0) is 49.6 Å². The number of anilines is 1. The number of nitrogens with one attached hydrogen (secondary N) is 1. The van der Waals surface area contributed by atoms with E-state index in [0.717, 1.165) is 6.07 Å². The molecular formula is C24H19F4N3O. The number of nitrogens with zero attached hydrogens (tertiary/aromatic N) is 2. The molecule has 0 bridgehead atoms. The number of para-hydroxylation sites is 1. The molecule has 0 spiro atoms. The van der Waals surface area contributed by atoms with Gasteiger partial charge in [0.15, 0.2) is 5.78 Å².